The van der Waals surface area contributed by atoms with Crippen LogP contribution in [0.3, 0.4) is 0 Å². The Bertz CT molecular complexity index is 1060. The predicted molar refractivity (Wildman–Crippen MR) is 130 cm³/mol. The van der Waals surface area contributed by atoms with E-state index in [1.807, 2.05) is 13.2 Å². The van der Waals surface area contributed by atoms with Gasteiger partial charge in [-0.3, -0.25) is 4.90 Å². The van der Waals surface area contributed by atoms with Gasteiger partial charge in [0.25, 0.3) is 0 Å². The minimum atomic E-state index is 0.284. The van der Waals surface area contributed by atoms with E-state index in [0.29, 0.717) is 24.5 Å². The lowest BCUT2D eigenvalue weighted by Gasteiger charge is -2.36. The zero-order valence-electron chi connectivity index (χ0n) is 19.9. The first kappa shape index (κ1) is 23.2. The molecule has 3 aromatic rings. The molecule has 0 aromatic carbocycles. The van der Waals surface area contributed by atoms with Gasteiger partial charge in [0.2, 0.25) is 0 Å². The largest absolute Gasteiger partial charge is 0.462 e. The molecule has 4 heterocycles. The van der Waals surface area contributed by atoms with Crippen molar-refractivity contribution in [2.24, 2.45) is 0 Å². The molecule has 0 amide bonds. The number of nitrogens with zero attached hydrogens (tertiary/aromatic N) is 7. The smallest absolute Gasteiger partial charge is 0.336 e. The number of hydrogen-bond donors (Lipinski definition) is 2. The lowest BCUT2D eigenvalue weighted by molar-refractivity contribution is 0.259. The Balaban J connectivity index is 1.46. The van der Waals surface area contributed by atoms with Gasteiger partial charge in [-0.15, -0.1) is 5.10 Å². The normalized spacial score (nSPS) is 14.8. The van der Waals surface area contributed by atoms with Crippen molar-refractivity contribution in [3.8, 4) is 6.01 Å². The second kappa shape index (κ2) is 10.8. The highest BCUT2D eigenvalue weighted by Crippen LogP contribution is 2.22. The lowest BCUT2D eigenvalue weighted by Crippen LogP contribution is -2.48. The molecule has 4 rings (SSSR count). The second-order valence-electron chi connectivity index (χ2n) is 8.56. The fourth-order valence-electron chi connectivity index (χ4n) is 4.13. The number of nitrogens with two attached hydrogens (primary N) is 1. The van der Waals surface area contributed by atoms with E-state index in [-0.39, 0.29) is 6.01 Å². The molecular formula is C23H35N9O. The van der Waals surface area contributed by atoms with Crippen LogP contribution in [0.1, 0.15) is 36.6 Å². The van der Waals surface area contributed by atoms with Crippen LogP contribution in [0.2, 0.25) is 0 Å². The highest BCUT2D eigenvalue weighted by molar-refractivity contribution is 5.60. The van der Waals surface area contributed by atoms with E-state index in [0.717, 1.165) is 69.2 Å². The Morgan fingerprint density at radius 2 is 1.97 bits per heavy atom. The third-order valence-corrected chi connectivity index (χ3v) is 6.01. The van der Waals surface area contributed by atoms with Crippen LogP contribution >= 0.6 is 0 Å². The number of piperazine rings is 1. The summed E-state index contributed by atoms with van der Waals surface area (Å²) in [5.41, 5.74) is 9.85. The summed E-state index contributed by atoms with van der Waals surface area (Å²) in [6, 6.07) is 2.49. The number of rotatable bonds is 10. The number of hydrogen-bond acceptors (Lipinski definition) is 9. The summed E-state index contributed by atoms with van der Waals surface area (Å²) < 4.78 is 7.40. The van der Waals surface area contributed by atoms with Crippen molar-refractivity contribution in [1.29, 1.82) is 0 Å². The van der Waals surface area contributed by atoms with Crippen LogP contribution in [0, 0.1) is 6.92 Å². The van der Waals surface area contributed by atoms with E-state index >= 15 is 0 Å². The number of aryl methyl sites for hydroxylation is 1. The molecular weight excluding hydrogens is 418 g/mol. The van der Waals surface area contributed by atoms with Gasteiger partial charge < -0.3 is 20.7 Å². The van der Waals surface area contributed by atoms with E-state index in [1.165, 1.54) is 5.56 Å². The van der Waals surface area contributed by atoms with Crippen molar-refractivity contribution in [3.05, 3.63) is 35.3 Å². The number of ether oxygens (including phenoxy) is 1. The Labute approximate surface area is 195 Å². The average molecular weight is 454 g/mol. The molecule has 0 saturated carbocycles. The predicted octanol–water partition coefficient (Wildman–Crippen LogP) is 1.52. The summed E-state index contributed by atoms with van der Waals surface area (Å²) in [4.78, 5) is 18.3. The molecule has 0 unspecified atom stereocenters. The molecule has 0 aliphatic carbocycles. The van der Waals surface area contributed by atoms with Crippen LogP contribution in [0.25, 0.3) is 5.65 Å². The van der Waals surface area contributed by atoms with Gasteiger partial charge in [-0.2, -0.15) is 4.98 Å². The zero-order valence-corrected chi connectivity index (χ0v) is 19.9. The molecule has 33 heavy (non-hydrogen) atoms. The third-order valence-electron chi connectivity index (χ3n) is 6.01. The maximum absolute atomic E-state index is 6.09. The summed E-state index contributed by atoms with van der Waals surface area (Å²) in [5, 5.41) is 7.73. The molecule has 10 nitrogen and oxygen atoms in total. The van der Waals surface area contributed by atoms with E-state index in [9.17, 15) is 0 Å². The summed E-state index contributed by atoms with van der Waals surface area (Å²) in [5.74, 6) is 1.39. The van der Waals surface area contributed by atoms with Crippen LogP contribution in [-0.2, 0) is 6.42 Å². The number of imidazole rings is 1. The number of anilines is 2. The number of likely N-dealkylation sites (N-methyl/N-ethyl adjacent to an activating group) is 1. The molecule has 178 valence electrons. The number of unbranched alkanes of at least 4 members (excludes halogenated alkanes) is 1. The van der Waals surface area contributed by atoms with E-state index in [4.69, 9.17) is 15.5 Å². The number of aromatic nitrogens is 5. The van der Waals surface area contributed by atoms with Gasteiger partial charge in [0, 0.05) is 51.9 Å². The maximum atomic E-state index is 6.09. The SMILES string of the molecule is CCCCOc1nc(N)c2ncc(Cc3cnc(N4CCN(CCNC)CC4)c(C)c3)n2n1. The Kier molecular flexibility index (Phi) is 7.56. The van der Waals surface area contributed by atoms with Gasteiger partial charge in [0.1, 0.15) is 5.82 Å². The average Bonchev–Trinajstić information content (AvgIpc) is 3.21. The number of nitrogen functional groups attached to an aromatic ring is 1. The van der Waals surface area contributed by atoms with Crippen molar-refractivity contribution in [2.75, 3.05) is 63.6 Å². The molecule has 0 bridgehead atoms. The van der Waals surface area contributed by atoms with Crippen molar-refractivity contribution >= 4 is 17.3 Å². The molecule has 1 fully saturated rings. The highest BCUT2D eigenvalue weighted by Gasteiger charge is 2.19. The van der Waals surface area contributed by atoms with Gasteiger partial charge in [0.15, 0.2) is 11.5 Å². The Morgan fingerprint density at radius 1 is 1.15 bits per heavy atom. The fourth-order valence-corrected chi connectivity index (χ4v) is 4.13. The Hall–Kier alpha value is -2.98. The molecule has 3 N–H and O–H groups in total. The number of nitrogens with one attached hydrogen (secondary N) is 1. The first-order valence-corrected chi connectivity index (χ1v) is 11.8. The molecule has 1 aliphatic rings. The molecule has 0 atom stereocenters. The van der Waals surface area contributed by atoms with Crippen molar-refractivity contribution in [3.63, 3.8) is 0 Å². The maximum Gasteiger partial charge on any atom is 0.336 e. The van der Waals surface area contributed by atoms with E-state index in [1.54, 1.807) is 10.7 Å². The second-order valence-corrected chi connectivity index (χ2v) is 8.56. The quantitative estimate of drug-likeness (QED) is 0.442. The van der Waals surface area contributed by atoms with Crippen LogP contribution in [0.4, 0.5) is 11.6 Å². The molecule has 1 saturated heterocycles. The molecule has 0 radical (unpaired) electrons. The van der Waals surface area contributed by atoms with Crippen LogP contribution in [0.5, 0.6) is 6.01 Å². The minimum Gasteiger partial charge on any atom is -0.462 e. The molecule has 3 aromatic heterocycles. The van der Waals surface area contributed by atoms with Gasteiger partial charge in [-0.25, -0.2) is 14.5 Å². The monoisotopic (exact) mass is 453 g/mol. The van der Waals surface area contributed by atoms with Crippen molar-refractivity contribution in [1.82, 2.24) is 34.8 Å². The molecule has 1 aliphatic heterocycles. The summed E-state index contributed by atoms with van der Waals surface area (Å²) in [6.07, 6.45) is 6.39. The standard InChI is InChI=1S/C23H35N9O/c1-4-5-12-33-23-28-20(24)22-27-16-19(32(22)29-23)14-18-13-17(2)21(26-15-18)31-10-8-30(9-11-31)7-6-25-3/h13,15-16,25H,4-12,14H2,1-3H3,(H2,24,28,29). The first-order valence-electron chi connectivity index (χ1n) is 11.8. The molecule has 10 heteroatoms. The van der Waals surface area contributed by atoms with Gasteiger partial charge in [-0.1, -0.05) is 19.4 Å². The summed E-state index contributed by atoms with van der Waals surface area (Å²) in [6.45, 7) is 11.1. The number of pyridine rings is 1. The summed E-state index contributed by atoms with van der Waals surface area (Å²) >= 11 is 0. The third kappa shape index (κ3) is 5.51. The zero-order chi connectivity index (χ0) is 23.2. The Morgan fingerprint density at radius 3 is 2.70 bits per heavy atom. The topological polar surface area (TPSA) is 110 Å². The summed E-state index contributed by atoms with van der Waals surface area (Å²) in [7, 11) is 2.00. The van der Waals surface area contributed by atoms with Gasteiger partial charge >= 0.3 is 6.01 Å². The van der Waals surface area contributed by atoms with E-state index < -0.39 is 0 Å². The van der Waals surface area contributed by atoms with E-state index in [2.05, 4.69) is 50.1 Å². The van der Waals surface area contributed by atoms with Crippen LogP contribution < -0.4 is 20.7 Å². The van der Waals surface area contributed by atoms with Gasteiger partial charge in [0.05, 0.1) is 18.5 Å². The highest BCUT2D eigenvalue weighted by atomic mass is 16.5. The fraction of sp³-hybridized carbons (Fsp3) is 0.565. The minimum absolute atomic E-state index is 0.284. The van der Waals surface area contributed by atoms with Crippen LogP contribution in [-0.4, -0.2) is 82.4 Å². The van der Waals surface area contributed by atoms with Crippen LogP contribution in [0.15, 0.2) is 18.5 Å². The molecule has 0 spiro atoms. The number of fused-ring (bicyclic) bond motifs is 1. The van der Waals surface area contributed by atoms with Crippen molar-refractivity contribution < 1.29 is 4.74 Å². The lowest BCUT2D eigenvalue weighted by atomic mass is 10.1. The van der Waals surface area contributed by atoms with Crippen molar-refractivity contribution in [2.45, 2.75) is 33.1 Å². The first-order chi connectivity index (χ1) is 16.1. The van der Waals surface area contributed by atoms with Gasteiger partial charge in [-0.05, 0) is 31.5 Å².